The lowest BCUT2D eigenvalue weighted by Gasteiger charge is -2.62. The van der Waals surface area contributed by atoms with E-state index in [1.165, 1.54) is 32.1 Å². The fraction of sp³-hybridized carbons (Fsp3) is 0.742. The van der Waals surface area contributed by atoms with Crippen LogP contribution in [0.15, 0.2) is 23.0 Å². The summed E-state index contributed by atoms with van der Waals surface area (Å²) in [5, 5.41) is 22.4. The summed E-state index contributed by atoms with van der Waals surface area (Å²) in [6.45, 7) is 7.03. The molecule has 5 nitrogen and oxygen atoms in total. The summed E-state index contributed by atoms with van der Waals surface area (Å²) in [5.41, 5.74) is 2.44. The standard InChI is InChI=1S/C31H44N2O3/c1-18-6-4-8-22-28(18)32-26(33-29(22)36)9-5-7-19-10-11-23-27-24(13-15-30(19,23)2)31(3)14-12-21(34)16-20(31)17-25(27)35/h4,6,8,19-21,23-25,27,34-35H,5,7,9-17H2,1-3H3,(H,32,33,36)/t19?,20?,21-,23?,24?,25?,27?,30?,31?/m1/s1. The normalized spacial score (nSPS) is 42.1. The molecule has 0 aliphatic heterocycles. The van der Waals surface area contributed by atoms with E-state index in [-0.39, 0.29) is 23.2 Å². The SMILES string of the molecule is Cc1cccc2c(=O)[nH]c(CCCC3CCC4C5C(O)CC6C[C@H](O)CCC6(C)C5CCC34C)nc12. The predicted molar refractivity (Wildman–Crippen MR) is 143 cm³/mol. The maximum absolute atomic E-state index is 12.6. The van der Waals surface area contributed by atoms with Crippen molar-refractivity contribution < 1.29 is 10.2 Å². The summed E-state index contributed by atoms with van der Waals surface area (Å²) in [6.07, 6.45) is 11.5. The lowest BCUT2D eigenvalue weighted by Crippen LogP contribution is -2.58. The van der Waals surface area contributed by atoms with Crippen LogP contribution < -0.4 is 5.56 Å². The largest absolute Gasteiger partial charge is 0.393 e. The van der Waals surface area contributed by atoms with Gasteiger partial charge in [0.2, 0.25) is 0 Å². The molecule has 36 heavy (non-hydrogen) atoms. The molecule has 4 saturated carbocycles. The molecular weight excluding hydrogens is 448 g/mol. The van der Waals surface area contributed by atoms with Crippen LogP contribution in [0.3, 0.4) is 0 Å². The van der Waals surface area contributed by atoms with Crippen LogP contribution in [0.5, 0.6) is 0 Å². The number of benzene rings is 1. The Labute approximate surface area is 215 Å². The monoisotopic (exact) mass is 492 g/mol. The Morgan fingerprint density at radius 3 is 2.64 bits per heavy atom. The predicted octanol–water partition coefficient (Wildman–Crippen LogP) is 5.54. The molecule has 0 spiro atoms. The topological polar surface area (TPSA) is 86.2 Å². The van der Waals surface area contributed by atoms with Gasteiger partial charge in [0.15, 0.2) is 0 Å². The highest BCUT2D eigenvalue weighted by atomic mass is 16.3. The van der Waals surface area contributed by atoms with Crippen molar-refractivity contribution in [1.29, 1.82) is 0 Å². The Morgan fingerprint density at radius 1 is 1.03 bits per heavy atom. The third kappa shape index (κ3) is 3.79. The quantitative estimate of drug-likeness (QED) is 0.523. The summed E-state index contributed by atoms with van der Waals surface area (Å²) in [4.78, 5) is 20.4. The number of H-pyrrole nitrogens is 1. The molecule has 1 heterocycles. The molecule has 3 N–H and O–H groups in total. The Morgan fingerprint density at radius 2 is 1.81 bits per heavy atom. The molecular formula is C31H44N2O3. The highest BCUT2D eigenvalue weighted by Gasteiger charge is 2.62. The number of aliphatic hydroxyl groups excluding tert-OH is 2. The van der Waals surface area contributed by atoms with Crippen molar-refractivity contribution in [3.63, 3.8) is 0 Å². The number of nitrogens with one attached hydrogen (secondary N) is 1. The van der Waals surface area contributed by atoms with Crippen molar-refractivity contribution in [1.82, 2.24) is 9.97 Å². The minimum atomic E-state index is -0.211. The molecule has 0 amide bonds. The average molecular weight is 493 g/mol. The Hall–Kier alpha value is -1.72. The first-order valence-corrected chi connectivity index (χ1v) is 14.6. The van der Waals surface area contributed by atoms with Gasteiger partial charge < -0.3 is 15.2 Å². The molecule has 2 aromatic rings. The summed E-state index contributed by atoms with van der Waals surface area (Å²) in [7, 11) is 0. The molecule has 4 aliphatic carbocycles. The summed E-state index contributed by atoms with van der Waals surface area (Å²) in [5.74, 6) is 3.61. The third-order valence-electron chi connectivity index (χ3n) is 11.8. The lowest BCUT2D eigenvalue weighted by molar-refractivity contribution is -0.172. The van der Waals surface area contributed by atoms with Crippen LogP contribution in [0.25, 0.3) is 10.9 Å². The Balaban J connectivity index is 1.15. The first kappa shape index (κ1) is 24.6. The van der Waals surface area contributed by atoms with Crippen LogP contribution in [-0.2, 0) is 6.42 Å². The van der Waals surface area contributed by atoms with Crippen molar-refractivity contribution in [3.05, 3.63) is 39.9 Å². The molecule has 4 fully saturated rings. The highest BCUT2D eigenvalue weighted by molar-refractivity contribution is 5.80. The fourth-order valence-electron chi connectivity index (χ4n) is 9.77. The second kappa shape index (κ2) is 8.94. The number of hydrogen-bond acceptors (Lipinski definition) is 4. The Kier molecular flexibility index (Phi) is 6.11. The minimum absolute atomic E-state index is 0.0294. The number of aromatic amines is 1. The van der Waals surface area contributed by atoms with Gasteiger partial charge in [-0.1, -0.05) is 26.0 Å². The van der Waals surface area contributed by atoms with Gasteiger partial charge in [0.05, 0.1) is 23.1 Å². The van der Waals surface area contributed by atoms with Crippen LogP contribution in [0, 0.1) is 47.3 Å². The van der Waals surface area contributed by atoms with Crippen molar-refractivity contribution in [2.45, 2.75) is 104 Å². The number of hydrogen-bond donors (Lipinski definition) is 3. The zero-order chi connectivity index (χ0) is 25.2. The van der Waals surface area contributed by atoms with Gasteiger partial charge in [-0.3, -0.25) is 4.79 Å². The van der Waals surface area contributed by atoms with E-state index in [9.17, 15) is 15.0 Å². The smallest absolute Gasteiger partial charge is 0.258 e. The van der Waals surface area contributed by atoms with E-state index in [1.54, 1.807) is 0 Å². The van der Waals surface area contributed by atoms with Gasteiger partial charge >= 0.3 is 0 Å². The van der Waals surface area contributed by atoms with Crippen LogP contribution in [0.4, 0.5) is 0 Å². The molecule has 0 bridgehead atoms. The van der Waals surface area contributed by atoms with Crippen molar-refractivity contribution >= 4 is 10.9 Å². The molecule has 6 rings (SSSR count). The van der Waals surface area contributed by atoms with Crippen molar-refractivity contribution in [2.75, 3.05) is 0 Å². The minimum Gasteiger partial charge on any atom is -0.393 e. The zero-order valence-electron chi connectivity index (χ0n) is 22.3. The summed E-state index contributed by atoms with van der Waals surface area (Å²) >= 11 is 0. The van der Waals surface area contributed by atoms with E-state index in [2.05, 4.69) is 18.8 Å². The van der Waals surface area contributed by atoms with E-state index >= 15 is 0 Å². The molecule has 1 aromatic carbocycles. The first-order valence-electron chi connectivity index (χ1n) is 14.6. The highest BCUT2D eigenvalue weighted by Crippen LogP contribution is 2.67. The van der Waals surface area contributed by atoms with E-state index in [0.29, 0.717) is 40.4 Å². The molecule has 5 heteroatoms. The maximum Gasteiger partial charge on any atom is 0.258 e. The number of nitrogens with zero attached hydrogens (tertiary/aromatic N) is 1. The number of rotatable bonds is 4. The van der Waals surface area contributed by atoms with Gasteiger partial charge in [-0.15, -0.1) is 0 Å². The third-order valence-corrected chi connectivity index (χ3v) is 11.8. The van der Waals surface area contributed by atoms with Crippen LogP contribution in [0.2, 0.25) is 0 Å². The van der Waals surface area contributed by atoms with Crippen LogP contribution in [-0.4, -0.2) is 32.4 Å². The molecule has 9 atom stereocenters. The van der Waals surface area contributed by atoms with Gasteiger partial charge in [0, 0.05) is 6.42 Å². The van der Waals surface area contributed by atoms with Gasteiger partial charge in [-0.2, -0.15) is 0 Å². The number of para-hydroxylation sites is 1. The van der Waals surface area contributed by atoms with E-state index < -0.39 is 0 Å². The van der Waals surface area contributed by atoms with Crippen molar-refractivity contribution in [3.8, 4) is 0 Å². The number of aliphatic hydroxyl groups is 2. The van der Waals surface area contributed by atoms with Crippen LogP contribution >= 0.6 is 0 Å². The van der Waals surface area contributed by atoms with Crippen LogP contribution in [0.1, 0.15) is 89.4 Å². The second-order valence-corrected chi connectivity index (χ2v) is 13.4. The summed E-state index contributed by atoms with van der Waals surface area (Å²) < 4.78 is 0. The Bertz CT molecular complexity index is 1190. The number of aromatic nitrogens is 2. The van der Waals surface area contributed by atoms with Crippen molar-refractivity contribution in [2.24, 2.45) is 40.4 Å². The first-order chi connectivity index (χ1) is 17.2. The summed E-state index contributed by atoms with van der Waals surface area (Å²) in [6, 6.07) is 5.79. The fourth-order valence-corrected chi connectivity index (χ4v) is 9.77. The van der Waals surface area contributed by atoms with E-state index in [4.69, 9.17) is 4.98 Å². The zero-order valence-corrected chi connectivity index (χ0v) is 22.3. The number of aryl methyl sites for hydroxylation is 2. The molecule has 4 aliphatic rings. The molecule has 1 aromatic heterocycles. The molecule has 196 valence electrons. The van der Waals surface area contributed by atoms with Gasteiger partial charge in [-0.05, 0) is 123 Å². The maximum atomic E-state index is 12.6. The lowest BCUT2D eigenvalue weighted by atomic mass is 9.44. The average Bonchev–Trinajstić information content (AvgIpc) is 3.17. The number of fused-ring (bicyclic) bond motifs is 6. The van der Waals surface area contributed by atoms with Gasteiger partial charge in [0.1, 0.15) is 5.82 Å². The van der Waals surface area contributed by atoms with Gasteiger partial charge in [0.25, 0.3) is 5.56 Å². The molecule has 8 unspecified atom stereocenters. The molecule has 0 radical (unpaired) electrons. The van der Waals surface area contributed by atoms with Gasteiger partial charge in [-0.25, -0.2) is 4.98 Å². The van der Waals surface area contributed by atoms with E-state index in [0.717, 1.165) is 55.4 Å². The second-order valence-electron chi connectivity index (χ2n) is 13.4. The van der Waals surface area contributed by atoms with E-state index in [1.807, 2.05) is 25.1 Å². The molecule has 0 saturated heterocycles.